The van der Waals surface area contributed by atoms with Crippen LogP contribution in [0.3, 0.4) is 0 Å². The third kappa shape index (κ3) is 4.96. The first kappa shape index (κ1) is 14.7. The van der Waals surface area contributed by atoms with Gasteiger partial charge in [0, 0.05) is 12.1 Å². The van der Waals surface area contributed by atoms with Crippen LogP contribution >= 0.6 is 0 Å². The van der Waals surface area contributed by atoms with E-state index in [4.69, 9.17) is 0 Å². The second kappa shape index (κ2) is 5.68. The standard InChI is InChI=1S/C12H21NO3/c1-9(2)8-13(12(3,4)5)10(14)7-11(15)16-6/h1,7-8H2,2-6H3. The molecule has 0 atom stereocenters. The number of carbonyl (C=O) groups is 2. The number of methoxy groups -OCH3 is 1. The number of amides is 1. The molecule has 0 radical (unpaired) electrons. The van der Waals surface area contributed by atoms with E-state index in [-0.39, 0.29) is 17.9 Å². The topological polar surface area (TPSA) is 46.6 Å². The maximum Gasteiger partial charge on any atom is 0.315 e. The predicted octanol–water partition coefficient (Wildman–Crippen LogP) is 1.75. The van der Waals surface area contributed by atoms with Gasteiger partial charge in [-0.25, -0.2) is 0 Å². The third-order valence-electron chi connectivity index (χ3n) is 2.06. The second-order valence-electron chi connectivity index (χ2n) is 4.86. The summed E-state index contributed by atoms with van der Waals surface area (Å²) in [6, 6.07) is 0. The fourth-order valence-electron chi connectivity index (χ4n) is 1.26. The summed E-state index contributed by atoms with van der Waals surface area (Å²) >= 11 is 0. The Kier molecular flexibility index (Phi) is 5.21. The molecular formula is C12H21NO3. The molecule has 92 valence electrons. The SMILES string of the molecule is C=C(C)CN(C(=O)CC(=O)OC)C(C)(C)C. The lowest BCUT2D eigenvalue weighted by Gasteiger charge is -2.35. The van der Waals surface area contributed by atoms with Crippen LogP contribution < -0.4 is 0 Å². The van der Waals surface area contributed by atoms with Gasteiger partial charge in [-0.2, -0.15) is 0 Å². The number of ether oxygens (including phenoxy) is 1. The van der Waals surface area contributed by atoms with Crippen molar-refractivity contribution in [2.75, 3.05) is 13.7 Å². The Morgan fingerprint density at radius 3 is 2.12 bits per heavy atom. The van der Waals surface area contributed by atoms with Crippen molar-refractivity contribution >= 4 is 11.9 Å². The van der Waals surface area contributed by atoms with Gasteiger partial charge >= 0.3 is 5.97 Å². The maximum absolute atomic E-state index is 11.9. The van der Waals surface area contributed by atoms with Crippen molar-refractivity contribution in [2.24, 2.45) is 0 Å². The van der Waals surface area contributed by atoms with Gasteiger partial charge in [-0.15, -0.1) is 0 Å². The number of nitrogens with zero attached hydrogens (tertiary/aromatic N) is 1. The van der Waals surface area contributed by atoms with Crippen molar-refractivity contribution in [1.29, 1.82) is 0 Å². The first-order valence-electron chi connectivity index (χ1n) is 5.20. The van der Waals surface area contributed by atoms with Gasteiger partial charge in [-0.3, -0.25) is 9.59 Å². The smallest absolute Gasteiger partial charge is 0.315 e. The molecule has 0 aromatic carbocycles. The molecular weight excluding hydrogens is 206 g/mol. The number of carbonyl (C=O) groups excluding carboxylic acids is 2. The summed E-state index contributed by atoms with van der Waals surface area (Å²) < 4.78 is 4.48. The van der Waals surface area contributed by atoms with E-state index in [1.807, 2.05) is 27.7 Å². The normalized spacial score (nSPS) is 10.8. The van der Waals surface area contributed by atoms with Crippen LogP contribution in [0.1, 0.15) is 34.1 Å². The third-order valence-corrected chi connectivity index (χ3v) is 2.06. The Bertz CT molecular complexity index is 289. The molecule has 0 saturated heterocycles. The average molecular weight is 227 g/mol. The minimum absolute atomic E-state index is 0.221. The van der Waals surface area contributed by atoms with Crippen LogP contribution in [0.15, 0.2) is 12.2 Å². The van der Waals surface area contributed by atoms with Crippen molar-refractivity contribution in [1.82, 2.24) is 4.90 Å². The Morgan fingerprint density at radius 1 is 1.31 bits per heavy atom. The highest BCUT2D eigenvalue weighted by atomic mass is 16.5. The van der Waals surface area contributed by atoms with Gasteiger partial charge in [0.15, 0.2) is 0 Å². The highest BCUT2D eigenvalue weighted by Gasteiger charge is 2.27. The van der Waals surface area contributed by atoms with Crippen LogP contribution in [0.5, 0.6) is 0 Å². The van der Waals surface area contributed by atoms with Gasteiger partial charge < -0.3 is 9.64 Å². The lowest BCUT2D eigenvalue weighted by molar-refractivity contribution is -0.148. The molecule has 0 aliphatic carbocycles. The van der Waals surface area contributed by atoms with E-state index in [0.717, 1.165) is 5.57 Å². The van der Waals surface area contributed by atoms with Crippen LogP contribution in [0, 0.1) is 0 Å². The molecule has 0 unspecified atom stereocenters. The zero-order valence-electron chi connectivity index (χ0n) is 10.8. The lowest BCUT2D eigenvalue weighted by Crippen LogP contribution is -2.47. The van der Waals surface area contributed by atoms with Crippen LogP contribution in [0.2, 0.25) is 0 Å². The van der Waals surface area contributed by atoms with Crippen molar-refractivity contribution in [3.05, 3.63) is 12.2 Å². The zero-order valence-corrected chi connectivity index (χ0v) is 10.8. The molecule has 0 N–H and O–H groups in total. The van der Waals surface area contributed by atoms with Gasteiger partial charge in [-0.1, -0.05) is 12.2 Å². The first-order valence-corrected chi connectivity index (χ1v) is 5.20. The molecule has 0 heterocycles. The summed E-state index contributed by atoms with van der Waals surface area (Å²) in [5.41, 5.74) is 0.553. The molecule has 0 fully saturated rings. The van der Waals surface area contributed by atoms with Gasteiger partial charge in [-0.05, 0) is 27.7 Å². The van der Waals surface area contributed by atoms with E-state index in [2.05, 4.69) is 11.3 Å². The van der Waals surface area contributed by atoms with Crippen LogP contribution in [-0.4, -0.2) is 36.0 Å². The van der Waals surface area contributed by atoms with Gasteiger partial charge in [0.2, 0.25) is 5.91 Å². The Balaban J connectivity index is 4.70. The molecule has 0 aromatic rings. The lowest BCUT2D eigenvalue weighted by atomic mass is 10.0. The van der Waals surface area contributed by atoms with E-state index in [0.29, 0.717) is 6.54 Å². The summed E-state index contributed by atoms with van der Waals surface area (Å²) in [6.07, 6.45) is -0.221. The van der Waals surface area contributed by atoms with E-state index in [1.54, 1.807) is 4.90 Å². The molecule has 0 aliphatic heterocycles. The summed E-state index contributed by atoms with van der Waals surface area (Å²) in [5.74, 6) is -0.747. The molecule has 4 heteroatoms. The van der Waals surface area contributed by atoms with Crippen LogP contribution in [0.4, 0.5) is 0 Å². The van der Waals surface area contributed by atoms with Gasteiger partial charge in [0.05, 0.1) is 7.11 Å². The van der Waals surface area contributed by atoms with Gasteiger partial charge in [0.25, 0.3) is 0 Å². The van der Waals surface area contributed by atoms with Crippen LogP contribution in [-0.2, 0) is 14.3 Å². The van der Waals surface area contributed by atoms with E-state index in [9.17, 15) is 9.59 Å². The van der Waals surface area contributed by atoms with Gasteiger partial charge in [0.1, 0.15) is 6.42 Å². The summed E-state index contributed by atoms with van der Waals surface area (Å²) in [6.45, 7) is 11.9. The number of esters is 1. The molecule has 0 aliphatic rings. The van der Waals surface area contributed by atoms with E-state index in [1.165, 1.54) is 7.11 Å². The fourth-order valence-corrected chi connectivity index (χ4v) is 1.26. The molecule has 0 aromatic heterocycles. The zero-order chi connectivity index (χ0) is 12.9. The molecule has 16 heavy (non-hydrogen) atoms. The molecule has 4 nitrogen and oxygen atoms in total. The number of hydrogen-bond acceptors (Lipinski definition) is 3. The molecule has 1 amide bonds. The molecule has 0 bridgehead atoms. The van der Waals surface area contributed by atoms with Crippen molar-refractivity contribution in [2.45, 2.75) is 39.7 Å². The summed E-state index contributed by atoms with van der Waals surface area (Å²) in [4.78, 5) is 24.6. The monoisotopic (exact) mass is 227 g/mol. The van der Waals surface area contributed by atoms with Crippen molar-refractivity contribution < 1.29 is 14.3 Å². The van der Waals surface area contributed by atoms with E-state index >= 15 is 0 Å². The second-order valence-corrected chi connectivity index (χ2v) is 4.86. The van der Waals surface area contributed by atoms with E-state index < -0.39 is 5.97 Å². The Hall–Kier alpha value is -1.32. The maximum atomic E-state index is 11.9. The van der Waals surface area contributed by atoms with Crippen molar-refractivity contribution in [3.8, 4) is 0 Å². The number of hydrogen-bond donors (Lipinski definition) is 0. The Morgan fingerprint density at radius 2 is 1.81 bits per heavy atom. The summed E-state index contributed by atoms with van der Waals surface area (Å²) in [5, 5.41) is 0. The highest BCUT2D eigenvalue weighted by molar-refractivity contribution is 5.94. The highest BCUT2D eigenvalue weighted by Crippen LogP contribution is 2.16. The van der Waals surface area contributed by atoms with Crippen LogP contribution in [0.25, 0.3) is 0 Å². The average Bonchev–Trinajstić information content (AvgIpc) is 2.11. The number of rotatable bonds is 4. The minimum Gasteiger partial charge on any atom is -0.469 e. The fraction of sp³-hybridized carbons (Fsp3) is 0.667. The minimum atomic E-state index is -0.513. The quantitative estimate of drug-likeness (QED) is 0.417. The largest absolute Gasteiger partial charge is 0.469 e. The van der Waals surface area contributed by atoms with Crippen molar-refractivity contribution in [3.63, 3.8) is 0 Å². The predicted molar refractivity (Wildman–Crippen MR) is 62.9 cm³/mol. The molecule has 0 spiro atoms. The summed E-state index contributed by atoms with van der Waals surface area (Å²) in [7, 11) is 1.27. The molecule has 0 saturated carbocycles. The molecule has 0 rings (SSSR count). The first-order chi connectivity index (χ1) is 7.18. The Labute approximate surface area is 97.3 Å².